The number of ether oxygens (including phenoxy) is 1. The molecule has 0 N–H and O–H groups in total. The highest BCUT2D eigenvalue weighted by atomic mass is 35.5. The number of rotatable bonds is 4. The molecule has 0 saturated carbocycles. The van der Waals surface area contributed by atoms with Gasteiger partial charge in [0, 0.05) is 37.3 Å². The summed E-state index contributed by atoms with van der Waals surface area (Å²) in [7, 11) is 0. The minimum Gasteiger partial charge on any atom is -0.437 e. The lowest BCUT2D eigenvalue weighted by Gasteiger charge is -2.40. The van der Waals surface area contributed by atoms with E-state index in [0.717, 1.165) is 5.82 Å². The summed E-state index contributed by atoms with van der Waals surface area (Å²) in [5, 5.41) is 0.523. The van der Waals surface area contributed by atoms with Crippen LogP contribution in [0.4, 0.5) is 5.82 Å². The zero-order valence-corrected chi connectivity index (χ0v) is 16.8. The molecule has 2 aromatic carbocycles. The summed E-state index contributed by atoms with van der Waals surface area (Å²) in [6, 6.07) is 18.5. The molecule has 148 valence electrons. The van der Waals surface area contributed by atoms with E-state index in [0.29, 0.717) is 41.8 Å². The molecule has 1 atom stereocenters. The molecule has 0 bridgehead atoms. The summed E-state index contributed by atoms with van der Waals surface area (Å²) >= 11 is 6.16. The molecule has 1 fully saturated rings. The number of amides is 1. The van der Waals surface area contributed by atoms with Gasteiger partial charge in [-0.1, -0.05) is 41.9 Å². The summed E-state index contributed by atoms with van der Waals surface area (Å²) in [5.41, 5.74) is 0.713. The largest absolute Gasteiger partial charge is 0.437 e. The van der Waals surface area contributed by atoms with Gasteiger partial charge in [0.1, 0.15) is 17.9 Å². The first-order valence-electron chi connectivity index (χ1n) is 9.47. The second-order valence-corrected chi connectivity index (χ2v) is 7.31. The molecular formula is C22H21ClN4O2. The Bertz CT molecular complexity index is 999. The highest BCUT2D eigenvalue weighted by Gasteiger charge is 2.28. The van der Waals surface area contributed by atoms with Crippen LogP contribution < -0.4 is 9.64 Å². The van der Waals surface area contributed by atoms with Crippen molar-refractivity contribution in [3.8, 4) is 11.6 Å². The number of hydrogen-bond donors (Lipinski definition) is 0. The van der Waals surface area contributed by atoms with E-state index in [1.165, 1.54) is 6.33 Å². The molecule has 7 heteroatoms. The number of carbonyl (C=O) groups is 1. The molecule has 1 saturated heterocycles. The maximum absolute atomic E-state index is 12.8. The topological polar surface area (TPSA) is 58.6 Å². The maximum atomic E-state index is 12.8. The van der Waals surface area contributed by atoms with Crippen molar-refractivity contribution in [2.45, 2.75) is 13.0 Å². The molecule has 0 spiro atoms. The maximum Gasteiger partial charge on any atom is 0.254 e. The van der Waals surface area contributed by atoms with E-state index >= 15 is 0 Å². The van der Waals surface area contributed by atoms with Gasteiger partial charge in [0.15, 0.2) is 0 Å². The molecular weight excluding hydrogens is 388 g/mol. The molecule has 1 unspecified atom stereocenters. The van der Waals surface area contributed by atoms with Crippen molar-refractivity contribution in [3.05, 3.63) is 77.6 Å². The Hall–Kier alpha value is -3.12. The molecule has 3 aromatic rings. The van der Waals surface area contributed by atoms with Crippen molar-refractivity contribution in [2.75, 3.05) is 24.5 Å². The number of anilines is 1. The number of hydrogen-bond acceptors (Lipinski definition) is 5. The summed E-state index contributed by atoms with van der Waals surface area (Å²) in [4.78, 5) is 25.4. The van der Waals surface area contributed by atoms with Crippen molar-refractivity contribution in [2.24, 2.45) is 0 Å². The number of piperazine rings is 1. The average molecular weight is 409 g/mol. The fraction of sp³-hybridized carbons (Fsp3) is 0.227. The second kappa shape index (κ2) is 8.49. The van der Waals surface area contributed by atoms with Gasteiger partial charge >= 0.3 is 0 Å². The van der Waals surface area contributed by atoms with Crippen molar-refractivity contribution in [1.29, 1.82) is 0 Å². The fourth-order valence-corrected chi connectivity index (χ4v) is 3.59. The molecule has 6 nitrogen and oxygen atoms in total. The zero-order chi connectivity index (χ0) is 20.2. The predicted molar refractivity (Wildman–Crippen MR) is 113 cm³/mol. The Morgan fingerprint density at radius 2 is 1.83 bits per heavy atom. The van der Waals surface area contributed by atoms with Crippen molar-refractivity contribution in [1.82, 2.24) is 14.9 Å². The molecule has 0 radical (unpaired) electrons. The quantitative estimate of drug-likeness (QED) is 0.645. The number of benzene rings is 2. The van der Waals surface area contributed by atoms with E-state index < -0.39 is 0 Å². The Kier molecular flexibility index (Phi) is 5.62. The number of halogens is 1. The fourth-order valence-electron chi connectivity index (χ4n) is 3.41. The van der Waals surface area contributed by atoms with Crippen LogP contribution in [0.3, 0.4) is 0 Å². The third-order valence-electron chi connectivity index (χ3n) is 4.91. The van der Waals surface area contributed by atoms with Crippen LogP contribution in [0, 0.1) is 0 Å². The predicted octanol–water partition coefficient (Wildman–Crippen LogP) is 4.27. The Balaban J connectivity index is 1.45. The monoisotopic (exact) mass is 408 g/mol. The van der Waals surface area contributed by atoms with Gasteiger partial charge in [0.05, 0.1) is 5.02 Å². The lowest BCUT2D eigenvalue weighted by Crippen LogP contribution is -2.54. The van der Waals surface area contributed by atoms with E-state index in [-0.39, 0.29) is 11.9 Å². The minimum absolute atomic E-state index is 0.0550. The van der Waals surface area contributed by atoms with Gasteiger partial charge in [-0.25, -0.2) is 9.97 Å². The SMILES string of the molecule is CC1CN(c2cc(Oc3ccccc3Cl)ncn2)CCN1C(=O)c1ccccc1. The van der Waals surface area contributed by atoms with Gasteiger partial charge in [-0.15, -0.1) is 0 Å². The van der Waals surface area contributed by atoms with Gasteiger partial charge in [-0.05, 0) is 31.2 Å². The molecule has 1 amide bonds. The molecule has 4 rings (SSSR count). The van der Waals surface area contributed by atoms with Gasteiger partial charge in [-0.2, -0.15) is 0 Å². The van der Waals surface area contributed by atoms with Gasteiger partial charge < -0.3 is 14.5 Å². The van der Waals surface area contributed by atoms with E-state index in [1.54, 1.807) is 18.2 Å². The van der Waals surface area contributed by atoms with E-state index in [9.17, 15) is 4.79 Å². The average Bonchev–Trinajstić information content (AvgIpc) is 2.76. The lowest BCUT2D eigenvalue weighted by molar-refractivity contribution is 0.0673. The van der Waals surface area contributed by atoms with Crippen LogP contribution in [0.2, 0.25) is 5.02 Å². The smallest absolute Gasteiger partial charge is 0.254 e. The summed E-state index contributed by atoms with van der Waals surface area (Å²) in [6.07, 6.45) is 1.48. The second-order valence-electron chi connectivity index (χ2n) is 6.91. The highest BCUT2D eigenvalue weighted by Crippen LogP contribution is 2.29. The van der Waals surface area contributed by atoms with E-state index in [4.69, 9.17) is 16.3 Å². The van der Waals surface area contributed by atoms with Crippen LogP contribution in [0.1, 0.15) is 17.3 Å². The van der Waals surface area contributed by atoms with Crippen LogP contribution >= 0.6 is 11.6 Å². The summed E-state index contributed by atoms with van der Waals surface area (Å²) < 4.78 is 5.81. The van der Waals surface area contributed by atoms with Crippen molar-refractivity contribution < 1.29 is 9.53 Å². The molecule has 1 aliphatic heterocycles. The Labute approximate surface area is 174 Å². The van der Waals surface area contributed by atoms with Crippen LogP contribution in [-0.2, 0) is 0 Å². The number of para-hydroxylation sites is 1. The first-order chi connectivity index (χ1) is 14.1. The van der Waals surface area contributed by atoms with E-state index in [2.05, 4.69) is 21.8 Å². The number of aromatic nitrogens is 2. The Morgan fingerprint density at radius 1 is 1.07 bits per heavy atom. The van der Waals surface area contributed by atoms with Crippen molar-refractivity contribution >= 4 is 23.3 Å². The number of carbonyl (C=O) groups excluding carboxylic acids is 1. The van der Waals surface area contributed by atoms with Crippen LogP contribution in [-0.4, -0.2) is 46.5 Å². The third kappa shape index (κ3) is 4.32. The summed E-state index contributed by atoms with van der Waals surface area (Å²) in [5.74, 6) is 1.80. The van der Waals surface area contributed by atoms with Gasteiger partial charge in [-0.3, -0.25) is 4.79 Å². The molecule has 1 aliphatic rings. The number of nitrogens with zero attached hydrogens (tertiary/aromatic N) is 4. The molecule has 1 aromatic heterocycles. The normalized spacial score (nSPS) is 16.6. The van der Waals surface area contributed by atoms with Crippen molar-refractivity contribution in [3.63, 3.8) is 0 Å². The lowest BCUT2D eigenvalue weighted by atomic mass is 10.1. The van der Waals surface area contributed by atoms with Crippen LogP contribution in [0.25, 0.3) is 0 Å². The summed E-state index contributed by atoms with van der Waals surface area (Å²) in [6.45, 7) is 4.04. The Morgan fingerprint density at radius 3 is 2.59 bits per heavy atom. The zero-order valence-electron chi connectivity index (χ0n) is 16.0. The molecule has 2 heterocycles. The van der Waals surface area contributed by atoms with Crippen LogP contribution in [0.5, 0.6) is 11.6 Å². The standard InChI is InChI=1S/C22H21ClN4O2/c1-16-14-26(11-12-27(16)22(28)17-7-3-2-4-8-17)20-13-21(25-15-24-20)29-19-10-6-5-9-18(19)23/h2-10,13,15-16H,11-12,14H2,1H3. The third-order valence-corrected chi connectivity index (χ3v) is 5.22. The first-order valence-corrected chi connectivity index (χ1v) is 9.85. The highest BCUT2D eigenvalue weighted by molar-refractivity contribution is 6.32. The van der Waals surface area contributed by atoms with Gasteiger partial charge in [0.2, 0.25) is 5.88 Å². The minimum atomic E-state index is 0.0550. The van der Waals surface area contributed by atoms with E-state index in [1.807, 2.05) is 47.4 Å². The first kappa shape index (κ1) is 19.2. The molecule has 29 heavy (non-hydrogen) atoms. The van der Waals surface area contributed by atoms with Gasteiger partial charge in [0.25, 0.3) is 5.91 Å². The molecule has 0 aliphatic carbocycles. The van der Waals surface area contributed by atoms with Crippen LogP contribution in [0.15, 0.2) is 67.0 Å².